The number of carbonyl (C=O) groups is 1. The van der Waals surface area contributed by atoms with Crippen LogP contribution in [0.15, 0.2) is 11.6 Å². The van der Waals surface area contributed by atoms with Crippen molar-refractivity contribution >= 4 is 5.78 Å². The molecule has 3 atom stereocenters. The molecule has 1 N–H and O–H groups in total. The maximum atomic E-state index is 12.1. The molecule has 0 aromatic heterocycles. The lowest BCUT2D eigenvalue weighted by Gasteiger charge is -2.23. The second-order valence-corrected chi connectivity index (χ2v) is 6.91. The predicted octanol–water partition coefficient (Wildman–Crippen LogP) is 3.49. The van der Waals surface area contributed by atoms with Crippen molar-refractivity contribution in [2.24, 2.45) is 17.3 Å². The first-order valence-electron chi connectivity index (χ1n) is 7.80. The number of Topliss-reactive ketones (excluding diaryl/α,β-unsaturated/α-hetero) is 1. The fourth-order valence-electron chi connectivity index (χ4n) is 3.64. The normalized spacial score (nSPS) is 33.9. The van der Waals surface area contributed by atoms with E-state index in [9.17, 15) is 9.90 Å². The van der Waals surface area contributed by atoms with E-state index in [0.29, 0.717) is 5.57 Å². The minimum absolute atomic E-state index is 0.0330. The summed E-state index contributed by atoms with van der Waals surface area (Å²) in [5.74, 6) is 6.29. The van der Waals surface area contributed by atoms with Gasteiger partial charge in [0, 0.05) is 18.3 Å². The molecule has 0 aromatic rings. The molecule has 20 heavy (non-hydrogen) atoms. The molecule has 0 radical (unpaired) electrons. The van der Waals surface area contributed by atoms with Crippen LogP contribution in [-0.2, 0) is 4.79 Å². The Morgan fingerprint density at radius 3 is 2.65 bits per heavy atom. The molecular formula is C18H26O2. The van der Waals surface area contributed by atoms with Crippen LogP contribution in [0, 0.1) is 29.1 Å². The van der Waals surface area contributed by atoms with E-state index >= 15 is 0 Å². The van der Waals surface area contributed by atoms with Gasteiger partial charge in [-0.05, 0) is 30.4 Å². The Balaban J connectivity index is 2.06. The molecule has 0 aliphatic heterocycles. The van der Waals surface area contributed by atoms with Crippen molar-refractivity contribution in [3.05, 3.63) is 11.6 Å². The Hall–Kier alpha value is -1.07. The third kappa shape index (κ3) is 2.56. The van der Waals surface area contributed by atoms with Crippen molar-refractivity contribution in [3.63, 3.8) is 0 Å². The Bertz CT molecular complexity index is 489. The summed E-state index contributed by atoms with van der Waals surface area (Å²) in [7, 11) is 0. The summed E-state index contributed by atoms with van der Waals surface area (Å²) in [5, 5.41) is 10.8. The molecule has 0 saturated heterocycles. The van der Waals surface area contributed by atoms with Gasteiger partial charge >= 0.3 is 0 Å². The summed E-state index contributed by atoms with van der Waals surface area (Å²) >= 11 is 0. The highest BCUT2D eigenvalue weighted by atomic mass is 16.3. The van der Waals surface area contributed by atoms with Crippen LogP contribution in [0.3, 0.4) is 0 Å². The highest BCUT2D eigenvalue weighted by Crippen LogP contribution is 2.66. The third-order valence-electron chi connectivity index (χ3n) is 4.85. The standard InChI is InChI=1S/C18H26O2/c1-5-6-7-8-9-10-11-18(20)12-13(2)15(19)14-16(18)17(14,3)4/h12,14,16,20H,5-9H2,1-4H3/t14-,16+,18-/m1/s1. The smallest absolute Gasteiger partial charge is 0.162 e. The number of fused-ring (bicyclic) bond motifs is 1. The van der Waals surface area contributed by atoms with Crippen molar-refractivity contribution < 1.29 is 9.90 Å². The van der Waals surface area contributed by atoms with E-state index in [1.165, 1.54) is 19.3 Å². The highest BCUT2D eigenvalue weighted by Gasteiger charge is 2.70. The molecule has 0 aromatic carbocycles. The van der Waals surface area contributed by atoms with E-state index in [4.69, 9.17) is 0 Å². The molecule has 0 bridgehead atoms. The van der Waals surface area contributed by atoms with Gasteiger partial charge in [-0.25, -0.2) is 0 Å². The second kappa shape index (κ2) is 5.37. The molecular weight excluding hydrogens is 248 g/mol. The van der Waals surface area contributed by atoms with Gasteiger partial charge in [0.1, 0.15) is 5.60 Å². The van der Waals surface area contributed by atoms with Crippen molar-refractivity contribution in [3.8, 4) is 11.8 Å². The number of unbranched alkanes of at least 4 members (excludes halogenated alkanes) is 4. The molecule has 0 heterocycles. The summed E-state index contributed by atoms with van der Waals surface area (Å²) in [4.78, 5) is 12.1. The van der Waals surface area contributed by atoms with Crippen molar-refractivity contribution in [2.75, 3.05) is 0 Å². The minimum atomic E-state index is -1.10. The zero-order valence-electron chi connectivity index (χ0n) is 13.1. The molecule has 2 rings (SSSR count). The fraction of sp³-hybridized carbons (Fsp3) is 0.722. The Morgan fingerprint density at radius 1 is 1.30 bits per heavy atom. The van der Waals surface area contributed by atoms with Gasteiger partial charge in [0.25, 0.3) is 0 Å². The van der Waals surface area contributed by atoms with Crippen LogP contribution in [0.2, 0.25) is 0 Å². The maximum Gasteiger partial charge on any atom is 0.162 e. The van der Waals surface area contributed by atoms with Crippen LogP contribution in [0.25, 0.3) is 0 Å². The molecule has 1 fully saturated rings. The molecule has 2 aliphatic rings. The molecule has 0 amide bonds. The molecule has 2 aliphatic carbocycles. The molecule has 2 heteroatoms. The topological polar surface area (TPSA) is 37.3 Å². The molecule has 2 nitrogen and oxygen atoms in total. The summed E-state index contributed by atoms with van der Waals surface area (Å²) in [6.45, 7) is 8.10. The number of hydrogen-bond acceptors (Lipinski definition) is 2. The molecule has 1 saturated carbocycles. The van der Waals surface area contributed by atoms with E-state index < -0.39 is 5.60 Å². The maximum absolute atomic E-state index is 12.1. The van der Waals surface area contributed by atoms with Crippen molar-refractivity contribution in [1.82, 2.24) is 0 Å². The lowest BCUT2D eigenvalue weighted by Crippen LogP contribution is -2.33. The van der Waals surface area contributed by atoms with E-state index in [1.54, 1.807) is 13.0 Å². The highest BCUT2D eigenvalue weighted by molar-refractivity contribution is 6.01. The quantitative estimate of drug-likeness (QED) is 0.629. The van der Waals surface area contributed by atoms with Crippen LogP contribution in [0.1, 0.15) is 59.8 Å². The molecule has 110 valence electrons. The van der Waals surface area contributed by atoms with E-state index in [0.717, 1.165) is 12.8 Å². The number of rotatable bonds is 4. The lowest BCUT2D eigenvalue weighted by molar-refractivity contribution is -0.118. The van der Waals surface area contributed by atoms with Gasteiger partial charge in [-0.1, -0.05) is 51.9 Å². The van der Waals surface area contributed by atoms with Gasteiger partial charge in [-0.15, -0.1) is 0 Å². The predicted molar refractivity (Wildman–Crippen MR) is 81.0 cm³/mol. The summed E-state index contributed by atoms with van der Waals surface area (Å²) in [6.07, 6.45) is 7.28. The average Bonchev–Trinajstić information content (AvgIpc) is 2.96. The van der Waals surface area contributed by atoms with Crippen LogP contribution in [0.5, 0.6) is 0 Å². The number of aliphatic hydroxyl groups is 1. The first-order chi connectivity index (χ1) is 9.34. The Kier molecular flexibility index (Phi) is 4.12. The van der Waals surface area contributed by atoms with Gasteiger partial charge in [-0.2, -0.15) is 0 Å². The Morgan fingerprint density at radius 2 is 2.00 bits per heavy atom. The summed E-state index contributed by atoms with van der Waals surface area (Å²) < 4.78 is 0. The summed E-state index contributed by atoms with van der Waals surface area (Å²) in [5.41, 5.74) is -0.562. The second-order valence-electron chi connectivity index (χ2n) is 6.91. The number of carbonyl (C=O) groups excluding carboxylic acids is 1. The van der Waals surface area contributed by atoms with Gasteiger partial charge in [0.15, 0.2) is 5.78 Å². The fourth-order valence-corrected chi connectivity index (χ4v) is 3.64. The van der Waals surface area contributed by atoms with Gasteiger partial charge in [-0.3, -0.25) is 4.79 Å². The molecule has 0 unspecified atom stereocenters. The number of ketones is 1. The largest absolute Gasteiger partial charge is 0.374 e. The first kappa shape index (κ1) is 15.3. The zero-order chi connectivity index (χ0) is 15.0. The van der Waals surface area contributed by atoms with Crippen LogP contribution < -0.4 is 0 Å². The SMILES string of the molecule is CCCCCCC#C[C@@]1(O)C=C(C)C(=O)[C@@H]2[C@H]1C2(C)C. The van der Waals surface area contributed by atoms with Crippen LogP contribution >= 0.6 is 0 Å². The van der Waals surface area contributed by atoms with Gasteiger partial charge in [0.2, 0.25) is 0 Å². The van der Waals surface area contributed by atoms with Gasteiger partial charge in [0.05, 0.1) is 0 Å². The van der Waals surface area contributed by atoms with Crippen molar-refractivity contribution in [1.29, 1.82) is 0 Å². The van der Waals surface area contributed by atoms with E-state index in [1.807, 2.05) is 0 Å². The Labute approximate surface area is 122 Å². The minimum Gasteiger partial charge on any atom is -0.374 e. The number of allylic oxidation sites excluding steroid dienone is 1. The van der Waals surface area contributed by atoms with E-state index in [-0.39, 0.29) is 23.0 Å². The van der Waals surface area contributed by atoms with Crippen LogP contribution in [0.4, 0.5) is 0 Å². The lowest BCUT2D eigenvalue weighted by atomic mass is 9.86. The first-order valence-corrected chi connectivity index (χ1v) is 7.80. The zero-order valence-corrected chi connectivity index (χ0v) is 13.1. The van der Waals surface area contributed by atoms with Crippen molar-refractivity contribution in [2.45, 2.75) is 65.4 Å². The van der Waals surface area contributed by atoms with Gasteiger partial charge < -0.3 is 5.11 Å². The third-order valence-corrected chi connectivity index (χ3v) is 4.85. The monoisotopic (exact) mass is 274 g/mol. The molecule has 0 spiro atoms. The summed E-state index contributed by atoms with van der Waals surface area (Å²) in [6, 6.07) is 0. The van der Waals surface area contributed by atoms with Crippen LogP contribution in [-0.4, -0.2) is 16.5 Å². The average molecular weight is 274 g/mol. The van der Waals surface area contributed by atoms with E-state index in [2.05, 4.69) is 32.6 Å². The number of hydrogen-bond donors (Lipinski definition) is 1.